The molecule has 2 heterocycles. The quantitative estimate of drug-likeness (QED) is 0.688. The first kappa shape index (κ1) is 17.1. The van der Waals surface area contributed by atoms with Gasteiger partial charge in [-0.2, -0.15) is 0 Å². The maximum absolute atomic E-state index is 11.9. The molecule has 0 fully saturated rings. The number of benzene rings is 1. The van der Waals surface area contributed by atoms with Crippen LogP contribution >= 0.6 is 11.3 Å². The van der Waals surface area contributed by atoms with Crippen LogP contribution in [0.1, 0.15) is 4.88 Å². The van der Waals surface area contributed by atoms with Crippen molar-refractivity contribution in [3.05, 3.63) is 52.7 Å². The van der Waals surface area contributed by atoms with E-state index in [4.69, 9.17) is 4.42 Å². The molecular weight excluding hydrogens is 362 g/mol. The number of carbonyl (C=O) groups is 1. The smallest absolute Gasteiger partial charge is 0.322 e. The first-order chi connectivity index (χ1) is 11.9. The lowest BCUT2D eigenvalue weighted by Gasteiger charge is -2.03. The Hall–Kier alpha value is -2.78. The van der Waals surface area contributed by atoms with Gasteiger partial charge in [0.2, 0.25) is 0 Å². The molecule has 0 spiro atoms. The molecule has 25 heavy (non-hydrogen) atoms. The molecule has 9 heteroatoms. The summed E-state index contributed by atoms with van der Waals surface area (Å²) in [6.07, 6.45) is 4.11. The third-order valence-electron chi connectivity index (χ3n) is 3.11. The predicted octanol–water partition coefficient (Wildman–Crippen LogP) is 2.85. The molecule has 3 aromatic rings. The third kappa shape index (κ3) is 4.20. The molecule has 0 atom stereocenters. The van der Waals surface area contributed by atoms with Crippen molar-refractivity contribution in [1.82, 2.24) is 10.2 Å². The van der Waals surface area contributed by atoms with E-state index in [0.717, 1.165) is 11.1 Å². The Morgan fingerprint density at radius 2 is 2.00 bits per heavy atom. The summed E-state index contributed by atoms with van der Waals surface area (Å²) in [5, 5.41) is 11.9. The topological polar surface area (TPSA) is 102 Å². The van der Waals surface area contributed by atoms with E-state index in [-0.39, 0.29) is 22.4 Å². The normalized spacial score (nSPS) is 11.7. The molecule has 0 saturated carbocycles. The maximum Gasteiger partial charge on any atom is 0.322 e. The van der Waals surface area contributed by atoms with E-state index < -0.39 is 15.7 Å². The molecule has 0 unspecified atom stereocenters. The summed E-state index contributed by atoms with van der Waals surface area (Å²) in [6, 6.07) is 9.93. The Kier molecular flexibility index (Phi) is 4.77. The number of nitrogens with one attached hydrogen (secondary N) is 1. The second-order valence-electron chi connectivity index (χ2n) is 5.02. The first-order valence-electron chi connectivity index (χ1n) is 7.09. The number of sulfone groups is 1. The Morgan fingerprint density at radius 1 is 1.20 bits per heavy atom. The van der Waals surface area contributed by atoms with Crippen LogP contribution in [0.4, 0.5) is 6.01 Å². The molecule has 3 rings (SSSR count). The SMILES string of the molecule is CS(=O)(=O)c1ccccc1-c1nnc(NC(=O)/C=C/c2cccs2)o1. The zero-order valence-electron chi connectivity index (χ0n) is 13.0. The molecule has 2 aromatic heterocycles. The minimum Gasteiger partial charge on any atom is -0.403 e. The fourth-order valence-corrected chi connectivity index (χ4v) is 3.54. The van der Waals surface area contributed by atoms with Crippen molar-refractivity contribution in [2.45, 2.75) is 4.90 Å². The molecule has 7 nitrogen and oxygen atoms in total. The second kappa shape index (κ2) is 6.99. The zero-order chi connectivity index (χ0) is 17.9. The summed E-state index contributed by atoms with van der Waals surface area (Å²) in [5.41, 5.74) is 0.284. The van der Waals surface area contributed by atoms with Crippen LogP contribution in [0.5, 0.6) is 0 Å². The highest BCUT2D eigenvalue weighted by Crippen LogP contribution is 2.27. The minimum atomic E-state index is -3.45. The van der Waals surface area contributed by atoms with Crippen LogP contribution in [0.15, 0.2) is 57.2 Å². The van der Waals surface area contributed by atoms with Crippen LogP contribution in [0.2, 0.25) is 0 Å². The van der Waals surface area contributed by atoms with Crippen molar-refractivity contribution >= 4 is 39.2 Å². The van der Waals surface area contributed by atoms with Gasteiger partial charge in [0.1, 0.15) is 0 Å². The fraction of sp³-hybridized carbons (Fsp3) is 0.0625. The Balaban J connectivity index is 1.79. The first-order valence-corrected chi connectivity index (χ1v) is 9.86. The van der Waals surface area contributed by atoms with Crippen molar-refractivity contribution in [1.29, 1.82) is 0 Å². The van der Waals surface area contributed by atoms with E-state index >= 15 is 0 Å². The van der Waals surface area contributed by atoms with Gasteiger partial charge in [-0.25, -0.2) is 8.42 Å². The number of hydrogen-bond donors (Lipinski definition) is 1. The summed E-state index contributed by atoms with van der Waals surface area (Å²) in [7, 11) is -3.45. The Labute approximate surface area is 147 Å². The summed E-state index contributed by atoms with van der Waals surface area (Å²) in [6.45, 7) is 0. The van der Waals surface area contributed by atoms with Gasteiger partial charge in [-0.15, -0.1) is 16.4 Å². The number of thiophene rings is 1. The molecule has 1 N–H and O–H groups in total. The number of carbonyl (C=O) groups excluding carboxylic acids is 1. The average molecular weight is 375 g/mol. The number of hydrogen-bond acceptors (Lipinski definition) is 7. The van der Waals surface area contributed by atoms with E-state index in [2.05, 4.69) is 15.5 Å². The zero-order valence-corrected chi connectivity index (χ0v) is 14.7. The van der Waals surface area contributed by atoms with Gasteiger partial charge < -0.3 is 4.42 Å². The van der Waals surface area contributed by atoms with E-state index in [1.54, 1.807) is 24.3 Å². The van der Waals surface area contributed by atoms with Crippen molar-refractivity contribution in [3.8, 4) is 11.5 Å². The number of rotatable bonds is 5. The lowest BCUT2D eigenvalue weighted by Crippen LogP contribution is -2.07. The molecule has 128 valence electrons. The molecule has 0 aliphatic rings. The van der Waals surface area contributed by atoms with Crippen LogP contribution in [-0.4, -0.2) is 30.8 Å². The fourth-order valence-electron chi connectivity index (χ4n) is 2.04. The Morgan fingerprint density at radius 3 is 2.72 bits per heavy atom. The maximum atomic E-state index is 11.9. The van der Waals surface area contributed by atoms with Gasteiger partial charge in [0.25, 0.3) is 11.8 Å². The minimum absolute atomic E-state index is 0.0126. The average Bonchev–Trinajstić information content (AvgIpc) is 3.24. The van der Waals surface area contributed by atoms with Gasteiger partial charge in [0, 0.05) is 17.2 Å². The van der Waals surface area contributed by atoms with E-state index in [0.29, 0.717) is 0 Å². The lowest BCUT2D eigenvalue weighted by molar-refractivity contribution is -0.112. The van der Waals surface area contributed by atoms with Gasteiger partial charge in [-0.05, 0) is 29.7 Å². The van der Waals surface area contributed by atoms with Gasteiger partial charge in [0.05, 0.1) is 10.5 Å². The number of nitrogens with zero attached hydrogens (tertiary/aromatic N) is 2. The summed E-state index contributed by atoms with van der Waals surface area (Å²) < 4.78 is 29.0. The molecule has 1 aromatic carbocycles. The highest BCUT2D eigenvalue weighted by atomic mass is 32.2. The van der Waals surface area contributed by atoms with Crippen molar-refractivity contribution in [2.24, 2.45) is 0 Å². The van der Waals surface area contributed by atoms with E-state index in [1.165, 1.54) is 23.5 Å². The van der Waals surface area contributed by atoms with Crippen LogP contribution in [0.3, 0.4) is 0 Å². The molecule has 0 radical (unpaired) electrons. The number of aromatic nitrogens is 2. The van der Waals surface area contributed by atoms with Crippen molar-refractivity contribution < 1.29 is 17.6 Å². The number of amides is 1. The van der Waals surface area contributed by atoms with Crippen LogP contribution in [0, 0.1) is 0 Å². The van der Waals surface area contributed by atoms with Crippen LogP contribution in [0.25, 0.3) is 17.5 Å². The van der Waals surface area contributed by atoms with E-state index in [9.17, 15) is 13.2 Å². The molecular formula is C16H13N3O4S2. The summed E-state index contributed by atoms with van der Waals surface area (Å²) in [5.74, 6) is -0.418. The highest BCUT2D eigenvalue weighted by Gasteiger charge is 2.18. The standard InChI is InChI=1S/C16H13N3O4S2/c1-25(21,22)13-7-3-2-6-12(13)15-18-19-16(23-15)17-14(20)9-8-11-5-4-10-24-11/h2-10H,1H3,(H,17,19,20)/b9-8+. The second-order valence-corrected chi connectivity index (χ2v) is 7.98. The third-order valence-corrected chi connectivity index (χ3v) is 5.11. The van der Waals surface area contributed by atoms with E-state index in [1.807, 2.05) is 17.5 Å². The van der Waals surface area contributed by atoms with Gasteiger partial charge in [0.15, 0.2) is 9.84 Å². The summed E-state index contributed by atoms with van der Waals surface area (Å²) in [4.78, 5) is 12.9. The molecule has 1 amide bonds. The lowest BCUT2D eigenvalue weighted by atomic mass is 10.2. The van der Waals surface area contributed by atoms with Crippen molar-refractivity contribution in [3.63, 3.8) is 0 Å². The van der Waals surface area contributed by atoms with Crippen molar-refractivity contribution in [2.75, 3.05) is 11.6 Å². The van der Waals surface area contributed by atoms with Crippen LogP contribution in [-0.2, 0) is 14.6 Å². The monoisotopic (exact) mass is 375 g/mol. The van der Waals surface area contributed by atoms with Gasteiger partial charge in [-0.3, -0.25) is 10.1 Å². The highest BCUT2D eigenvalue weighted by molar-refractivity contribution is 7.90. The van der Waals surface area contributed by atoms with Gasteiger partial charge in [-0.1, -0.05) is 23.3 Å². The summed E-state index contributed by atoms with van der Waals surface area (Å²) >= 11 is 1.50. The number of anilines is 1. The van der Waals surface area contributed by atoms with Gasteiger partial charge >= 0.3 is 6.01 Å². The molecule has 0 bridgehead atoms. The molecule has 0 aliphatic carbocycles. The predicted molar refractivity (Wildman–Crippen MR) is 94.8 cm³/mol. The molecule has 0 saturated heterocycles. The van der Waals surface area contributed by atoms with Crippen LogP contribution < -0.4 is 5.32 Å². The molecule has 0 aliphatic heterocycles. The Bertz CT molecular complexity index is 1020. The largest absolute Gasteiger partial charge is 0.403 e.